The molecule has 2 aliphatic rings. The van der Waals surface area contributed by atoms with Gasteiger partial charge in [-0.25, -0.2) is 15.8 Å². The normalized spacial score (nSPS) is 20.9. The average molecular weight is 275 g/mol. The molecule has 5 heteroatoms. The van der Waals surface area contributed by atoms with Crippen LogP contribution in [0.2, 0.25) is 0 Å². The highest BCUT2D eigenvalue weighted by atomic mass is 15.3. The van der Waals surface area contributed by atoms with Crippen LogP contribution in [0.5, 0.6) is 0 Å². The van der Waals surface area contributed by atoms with Crippen LogP contribution in [0.25, 0.3) is 0 Å². The molecular weight excluding hydrogens is 250 g/mol. The van der Waals surface area contributed by atoms with E-state index in [9.17, 15) is 0 Å². The lowest BCUT2D eigenvalue weighted by atomic mass is 9.83. The van der Waals surface area contributed by atoms with Gasteiger partial charge in [0.1, 0.15) is 17.5 Å². The average Bonchev–Trinajstić information content (AvgIpc) is 3.24. The fraction of sp³-hybridized carbons (Fsp3) is 0.733. The summed E-state index contributed by atoms with van der Waals surface area (Å²) >= 11 is 0. The predicted octanol–water partition coefficient (Wildman–Crippen LogP) is 3.02. The van der Waals surface area contributed by atoms with Crippen molar-refractivity contribution in [2.24, 2.45) is 11.3 Å². The first-order valence-corrected chi connectivity index (χ1v) is 7.84. The van der Waals surface area contributed by atoms with Gasteiger partial charge in [-0.15, -0.1) is 0 Å². The lowest BCUT2D eigenvalue weighted by Crippen LogP contribution is -2.26. The maximum atomic E-state index is 5.51. The van der Waals surface area contributed by atoms with Crippen molar-refractivity contribution in [1.29, 1.82) is 0 Å². The molecule has 0 atom stereocenters. The van der Waals surface area contributed by atoms with E-state index in [1.807, 2.05) is 6.07 Å². The minimum absolute atomic E-state index is 0.459. The molecule has 0 bridgehead atoms. The minimum Gasteiger partial charge on any atom is -0.369 e. The number of hydrazine groups is 1. The number of hydrogen-bond acceptors (Lipinski definition) is 5. The molecule has 1 aromatic rings. The number of rotatable bonds is 6. The monoisotopic (exact) mass is 275 g/mol. The van der Waals surface area contributed by atoms with E-state index in [2.05, 4.69) is 27.6 Å². The van der Waals surface area contributed by atoms with Gasteiger partial charge in [-0.3, -0.25) is 0 Å². The van der Waals surface area contributed by atoms with Gasteiger partial charge < -0.3 is 10.7 Å². The molecule has 4 N–H and O–H groups in total. The lowest BCUT2D eigenvalue weighted by Gasteiger charge is -2.28. The topological polar surface area (TPSA) is 75.9 Å². The number of nitrogen functional groups attached to an aromatic ring is 1. The van der Waals surface area contributed by atoms with Crippen molar-refractivity contribution in [1.82, 2.24) is 9.97 Å². The van der Waals surface area contributed by atoms with Crippen LogP contribution in [-0.4, -0.2) is 16.5 Å². The molecule has 0 aliphatic heterocycles. The second-order valence-corrected chi connectivity index (χ2v) is 6.33. The Labute approximate surface area is 120 Å². The number of nitrogens with two attached hydrogens (primary N) is 1. The van der Waals surface area contributed by atoms with Gasteiger partial charge in [-0.05, 0) is 37.5 Å². The highest BCUT2D eigenvalue weighted by molar-refractivity contribution is 5.47. The standard InChI is InChI=1S/C15H25N5/c1-2-15(7-3-4-8-15)10-17-12-9-13(20-16)19-14(18-12)11-5-6-11/h9,11H,2-8,10,16H2,1H3,(H2,17,18,19,20). The summed E-state index contributed by atoms with van der Waals surface area (Å²) in [4.78, 5) is 9.10. The Hall–Kier alpha value is -1.36. The first-order chi connectivity index (χ1) is 9.74. The summed E-state index contributed by atoms with van der Waals surface area (Å²) in [7, 11) is 0. The van der Waals surface area contributed by atoms with Crippen molar-refractivity contribution in [3.63, 3.8) is 0 Å². The van der Waals surface area contributed by atoms with Crippen LogP contribution >= 0.6 is 0 Å². The quantitative estimate of drug-likeness (QED) is 0.549. The Morgan fingerprint density at radius 1 is 1.25 bits per heavy atom. The molecule has 2 fully saturated rings. The third-order valence-electron chi connectivity index (χ3n) is 4.89. The zero-order valence-electron chi connectivity index (χ0n) is 12.3. The summed E-state index contributed by atoms with van der Waals surface area (Å²) < 4.78 is 0. The van der Waals surface area contributed by atoms with Crippen molar-refractivity contribution in [2.75, 3.05) is 17.3 Å². The Bertz CT molecular complexity index is 463. The second-order valence-electron chi connectivity index (χ2n) is 6.33. The van der Waals surface area contributed by atoms with E-state index in [-0.39, 0.29) is 0 Å². The van der Waals surface area contributed by atoms with Gasteiger partial charge in [0.15, 0.2) is 0 Å². The zero-order chi connectivity index (χ0) is 14.0. The van der Waals surface area contributed by atoms with Crippen LogP contribution in [0.4, 0.5) is 11.6 Å². The van der Waals surface area contributed by atoms with Gasteiger partial charge in [0.2, 0.25) is 0 Å². The molecule has 2 aliphatic carbocycles. The Morgan fingerprint density at radius 3 is 2.55 bits per heavy atom. The van der Waals surface area contributed by atoms with Crippen molar-refractivity contribution in [3.8, 4) is 0 Å². The summed E-state index contributed by atoms with van der Waals surface area (Å²) in [5.41, 5.74) is 3.11. The van der Waals surface area contributed by atoms with Gasteiger partial charge in [-0.1, -0.05) is 19.8 Å². The molecule has 3 rings (SSSR count). The van der Waals surface area contributed by atoms with Gasteiger partial charge in [-0.2, -0.15) is 0 Å². The molecule has 0 aromatic carbocycles. The van der Waals surface area contributed by atoms with E-state index in [0.717, 1.165) is 18.2 Å². The van der Waals surface area contributed by atoms with Gasteiger partial charge in [0.05, 0.1) is 0 Å². The van der Waals surface area contributed by atoms with E-state index < -0.39 is 0 Å². The van der Waals surface area contributed by atoms with Gasteiger partial charge >= 0.3 is 0 Å². The first kappa shape index (κ1) is 13.6. The number of aromatic nitrogens is 2. The molecule has 0 unspecified atom stereocenters. The number of anilines is 2. The Morgan fingerprint density at radius 2 is 1.95 bits per heavy atom. The van der Waals surface area contributed by atoms with E-state index >= 15 is 0 Å². The molecule has 1 heterocycles. The smallest absolute Gasteiger partial charge is 0.145 e. The summed E-state index contributed by atoms with van der Waals surface area (Å²) in [5.74, 6) is 8.60. The highest BCUT2D eigenvalue weighted by Gasteiger charge is 2.32. The van der Waals surface area contributed by atoms with Gasteiger partial charge in [0, 0.05) is 18.5 Å². The molecular formula is C15H25N5. The summed E-state index contributed by atoms with van der Waals surface area (Å²) in [6.45, 7) is 3.31. The van der Waals surface area contributed by atoms with Crippen molar-refractivity contribution < 1.29 is 0 Å². The van der Waals surface area contributed by atoms with E-state index in [1.165, 1.54) is 44.9 Å². The fourth-order valence-electron chi connectivity index (χ4n) is 3.21. The predicted molar refractivity (Wildman–Crippen MR) is 81.5 cm³/mol. The van der Waals surface area contributed by atoms with Crippen molar-refractivity contribution >= 4 is 11.6 Å². The molecule has 0 amide bonds. The number of nitrogens with one attached hydrogen (secondary N) is 2. The van der Waals surface area contributed by atoms with Crippen LogP contribution in [0.1, 0.15) is 63.6 Å². The molecule has 2 saturated carbocycles. The number of nitrogens with zero attached hydrogens (tertiary/aromatic N) is 2. The number of hydrogen-bond donors (Lipinski definition) is 3. The SMILES string of the molecule is CCC1(CNc2cc(NN)nc(C3CC3)n2)CCCC1. The maximum Gasteiger partial charge on any atom is 0.145 e. The fourth-order valence-corrected chi connectivity index (χ4v) is 3.21. The summed E-state index contributed by atoms with van der Waals surface area (Å²) in [6, 6.07) is 1.91. The summed E-state index contributed by atoms with van der Waals surface area (Å²) in [6.07, 6.45) is 9.03. The van der Waals surface area contributed by atoms with Gasteiger partial charge in [0.25, 0.3) is 0 Å². The summed E-state index contributed by atoms with van der Waals surface area (Å²) in [5, 5.41) is 3.53. The van der Waals surface area contributed by atoms with Crippen LogP contribution < -0.4 is 16.6 Å². The molecule has 5 nitrogen and oxygen atoms in total. The zero-order valence-corrected chi connectivity index (χ0v) is 12.3. The second kappa shape index (κ2) is 5.56. The third kappa shape index (κ3) is 2.87. The minimum atomic E-state index is 0.459. The molecule has 0 radical (unpaired) electrons. The maximum absolute atomic E-state index is 5.51. The molecule has 110 valence electrons. The largest absolute Gasteiger partial charge is 0.369 e. The van der Waals surface area contributed by atoms with Crippen LogP contribution in [0.3, 0.4) is 0 Å². The van der Waals surface area contributed by atoms with Crippen LogP contribution in [0, 0.1) is 5.41 Å². The third-order valence-corrected chi connectivity index (χ3v) is 4.89. The van der Waals surface area contributed by atoms with Crippen molar-refractivity contribution in [3.05, 3.63) is 11.9 Å². The molecule has 0 spiro atoms. The Balaban J connectivity index is 1.71. The Kier molecular flexibility index (Phi) is 3.78. The van der Waals surface area contributed by atoms with Crippen LogP contribution in [-0.2, 0) is 0 Å². The molecule has 1 aromatic heterocycles. The first-order valence-electron chi connectivity index (χ1n) is 7.84. The van der Waals surface area contributed by atoms with E-state index in [0.29, 0.717) is 17.2 Å². The van der Waals surface area contributed by atoms with Crippen LogP contribution in [0.15, 0.2) is 6.07 Å². The van der Waals surface area contributed by atoms with E-state index in [4.69, 9.17) is 5.84 Å². The van der Waals surface area contributed by atoms with E-state index in [1.54, 1.807) is 0 Å². The molecule has 0 saturated heterocycles. The highest BCUT2D eigenvalue weighted by Crippen LogP contribution is 2.41. The van der Waals surface area contributed by atoms with Crippen molar-refractivity contribution in [2.45, 2.75) is 57.8 Å². The molecule has 20 heavy (non-hydrogen) atoms. The lowest BCUT2D eigenvalue weighted by molar-refractivity contribution is 0.306.